The number of aryl methyl sites for hydroxylation is 1. The summed E-state index contributed by atoms with van der Waals surface area (Å²) in [5.74, 6) is -3.43. The molecule has 0 radical (unpaired) electrons. The number of aliphatic hydroxyl groups excluding tert-OH is 1. The van der Waals surface area contributed by atoms with Crippen molar-refractivity contribution in [3.8, 4) is 0 Å². The number of hydrogen-bond donors (Lipinski definition) is 7. The van der Waals surface area contributed by atoms with Crippen LogP contribution in [0, 0.1) is 12.7 Å². The topological polar surface area (TPSA) is 234 Å². The third-order valence-corrected chi connectivity index (χ3v) is 11.1. The molecule has 0 fully saturated rings. The molecule has 3 heterocycles. The minimum atomic E-state index is -1.02. The lowest BCUT2D eigenvalue weighted by atomic mass is 9.81. The van der Waals surface area contributed by atoms with E-state index in [1.807, 2.05) is 6.07 Å². The number of fused-ring (bicyclic) bond motifs is 4. The minimum absolute atomic E-state index is 0.0595. The molecular weight excluding hydrogens is 788 g/mol. The van der Waals surface area contributed by atoms with E-state index in [0.29, 0.717) is 43.4 Å². The number of esters is 1. The molecule has 3 aliphatic rings. The van der Waals surface area contributed by atoms with Crippen LogP contribution in [-0.4, -0.2) is 102 Å². The lowest BCUT2D eigenvalue weighted by Crippen LogP contribution is -2.52. The first-order valence-electron chi connectivity index (χ1n) is 20.6. The van der Waals surface area contributed by atoms with Crippen LogP contribution in [0.1, 0.15) is 78.6 Å². The number of nitrogens with two attached hydrogens (primary N) is 1. The Morgan fingerprint density at radius 1 is 1.00 bits per heavy atom. The molecule has 1 aliphatic carbocycles. The monoisotopic (exact) mass is 840 g/mol. The van der Waals surface area contributed by atoms with Crippen molar-refractivity contribution < 1.29 is 43.0 Å². The molecule has 16 nitrogen and oxygen atoms in total. The second-order valence-corrected chi connectivity index (χ2v) is 15.4. The van der Waals surface area contributed by atoms with Crippen LogP contribution in [0.2, 0.25) is 0 Å². The molecule has 1 aromatic heterocycles. The number of aromatic nitrogens is 1. The van der Waals surface area contributed by atoms with E-state index in [2.05, 4.69) is 44.5 Å². The van der Waals surface area contributed by atoms with E-state index in [1.54, 1.807) is 31.2 Å². The maximum absolute atomic E-state index is 15.3. The zero-order valence-electron chi connectivity index (χ0n) is 34.5. The number of allylic oxidation sites excluding steroid dienone is 2. The standard InChI is InChI=1S/C44H53FN8O8/c1-3-8-27-16-35-43-30(22-53(35)21-28(27)24-61-40(59)23-54)42-32(13-12-29-25(2)31(45)17-33(52-43)41(29)42)50-36(55)11-7-14-47-38(57)19-49-44(60)34(15-26-9-5-4-6-10-26)51-39(58)20-48-37(56)18-46/h4-6,9-10,16-17,32,34,54H,3,7-8,11-15,18-24,46H2,1-2H3,(H,47,57)(H,48,56)(H,49,60)(H,50,55)(H,51,58)/t32-,34-/m0/s1. The molecule has 2 atom stereocenters. The number of rotatable bonds is 19. The zero-order chi connectivity index (χ0) is 43.6. The number of carbonyl (C=O) groups excluding carboxylic acids is 6. The fourth-order valence-corrected chi connectivity index (χ4v) is 8.14. The van der Waals surface area contributed by atoms with Gasteiger partial charge in [-0.3, -0.25) is 24.0 Å². The lowest BCUT2D eigenvalue weighted by molar-refractivity contribution is -0.146. The van der Waals surface area contributed by atoms with Crippen LogP contribution >= 0.6 is 0 Å². The van der Waals surface area contributed by atoms with Crippen molar-refractivity contribution in [1.29, 1.82) is 0 Å². The van der Waals surface area contributed by atoms with Gasteiger partial charge in [0.1, 0.15) is 25.1 Å². The van der Waals surface area contributed by atoms with E-state index in [-0.39, 0.29) is 63.4 Å². The molecule has 324 valence electrons. The van der Waals surface area contributed by atoms with Gasteiger partial charge in [-0.05, 0) is 72.1 Å². The van der Waals surface area contributed by atoms with Crippen LogP contribution in [0.25, 0.3) is 16.6 Å². The van der Waals surface area contributed by atoms with Crippen molar-refractivity contribution in [2.24, 2.45) is 5.73 Å². The van der Waals surface area contributed by atoms with Crippen LogP contribution in [0.3, 0.4) is 0 Å². The Bertz CT molecular complexity index is 2260. The van der Waals surface area contributed by atoms with E-state index in [4.69, 9.17) is 15.5 Å². The highest BCUT2D eigenvalue weighted by molar-refractivity contribution is 5.94. The number of amides is 5. The van der Waals surface area contributed by atoms with Gasteiger partial charge in [0.2, 0.25) is 29.5 Å². The van der Waals surface area contributed by atoms with E-state index >= 15 is 4.39 Å². The molecule has 3 aromatic rings. The summed E-state index contributed by atoms with van der Waals surface area (Å²) in [6, 6.07) is 9.09. The first kappa shape index (κ1) is 44.4. The number of halogens is 1. The summed E-state index contributed by atoms with van der Waals surface area (Å²) in [6.07, 6.45) is 5.35. The fraction of sp³-hybridized carbons (Fsp3) is 0.432. The molecular formula is C44H53FN8O8. The predicted molar refractivity (Wildman–Crippen MR) is 223 cm³/mol. The first-order chi connectivity index (χ1) is 29.4. The molecule has 5 amide bonds. The molecule has 0 saturated carbocycles. The summed E-state index contributed by atoms with van der Waals surface area (Å²) >= 11 is 0. The normalized spacial score (nSPS) is 15.6. The van der Waals surface area contributed by atoms with Crippen molar-refractivity contribution in [2.75, 3.05) is 45.9 Å². The molecule has 2 aliphatic heterocycles. The summed E-state index contributed by atoms with van der Waals surface area (Å²) in [5, 5.41) is 23.5. The third kappa shape index (κ3) is 10.8. The predicted octanol–water partition coefficient (Wildman–Crippen LogP) is 1.40. The highest BCUT2D eigenvalue weighted by atomic mass is 19.1. The Kier molecular flexibility index (Phi) is 14.8. The van der Waals surface area contributed by atoms with Crippen LogP contribution < -0.4 is 32.3 Å². The van der Waals surface area contributed by atoms with Crippen molar-refractivity contribution in [3.63, 3.8) is 0 Å². The number of aliphatic hydroxyl groups is 1. The number of nitrogens with one attached hydrogen (secondary N) is 5. The van der Waals surface area contributed by atoms with Gasteiger partial charge in [0.05, 0.1) is 42.6 Å². The number of nitrogens with zero attached hydrogens (tertiary/aromatic N) is 2. The summed E-state index contributed by atoms with van der Waals surface area (Å²) in [5.41, 5.74) is 13.5. The number of hydrogen-bond acceptors (Lipinski definition) is 11. The minimum Gasteiger partial charge on any atom is -0.459 e. The van der Waals surface area contributed by atoms with Gasteiger partial charge in [-0.15, -0.1) is 0 Å². The summed E-state index contributed by atoms with van der Waals surface area (Å²) < 4.78 is 20.6. The Morgan fingerprint density at radius 2 is 1.77 bits per heavy atom. The smallest absolute Gasteiger partial charge is 0.332 e. The Morgan fingerprint density at radius 3 is 2.51 bits per heavy atom. The molecule has 0 unspecified atom stereocenters. The lowest BCUT2D eigenvalue weighted by Gasteiger charge is -2.30. The molecule has 61 heavy (non-hydrogen) atoms. The van der Waals surface area contributed by atoms with Gasteiger partial charge in [0.15, 0.2) is 0 Å². The Hall–Kier alpha value is -6.20. The Balaban J connectivity index is 1.07. The van der Waals surface area contributed by atoms with Gasteiger partial charge in [0, 0.05) is 49.5 Å². The van der Waals surface area contributed by atoms with Crippen LogP contribution in [0.5, 0.6) is 0 Å². The SMILES string of the molecule is CCCC1=C(COC(=O)CO)CN2Cc3c(nc4cc(F)c(C)c5c4c3[C@@H](NC(=O)CCCNC(=O)CNC(=O)[C@H](Cc3ccccc3)NC(=O)CNC(=O)CN)CC5)C2=C1. The summed E-state index contributed by atoms with van der Waals surface area (Å²) in [4.78, 5) is 82.3. The van der Waals surface area contributed by atoms with Crippen LogP contribution in [0.4, 0.5) is 4.39 Å². The third-order valence-electron chi connectivity index (χ3n) is 11.1. The second-order valence-electron chi connectivity index (χ2n) is 15.4. The van der Waals surface area contributed by atoms with E-state index in [1.165, 1.54) is 6.07 Å². The zero-order valence-corrected chi connectivity index (χ0v) is 34.5. The van der Waals surface area contributed by atoms with Gasteiger partial charge in [-0.25, -0.2) is 14.2 Å². The number of pyridine rings is 1. The molecule has 6 rings (SSSR count). The number of carbonyl (C=O) groups is 6. The average molecular weight is 841 g/mol. The van der Waals surface area contributed by atoms with Gasteiger partial charge < -0.3 is 47.1 Å². The van der Waals surface area contributed by atoms with Crippen LogP contribution in [0.15, 0.2) is 53.6 Å². The Labute approximate surface area is 352 Å². The van der Waals surface area contributed by atoms with E-state index in [9.17, 15) is 33.9 Å². The van der Waals surface area contributed by atoms with E-state index in [0.717, 1.165) is 63.0 Å². The molecule has 2 aromatic carbocycles. The fourth-order valence-electron chi connectivity index (χ4n) is 8.14. The van der Waals surface area contributed by atoms with E-state index < -0.39 is 42.2 Å². The summed E-state index contributed by atoms with van der Waals surface area (Å²) in [6.45, 7) is 3.32. The molecule has 0 saturated heterocycles. The maximum Gasteiger partial charge on any atom is 0.332 e. The van der Waals surface area contributed by atoms with Crippen LogP contribution in [-0.2, 0) is 52.9 Å². The summed E-state index contributed by atoms with van der Waals surface area (Å²) in [7, 11) is 0. The van der Waals surface area contributed by atoms with Crippen molar-refractivity contribution in [3.05, 3.63) is 92.9 Å². The molecule has 8 N–H and O–H groups in total. The number of ether oxygens (including phenoxy) is 1. The largest absolute Gasteiger partial charge is 0.459 e. The van der Waals surface area contributed by atoms with Gasteiger partial charge in [-0.2, -0.15) is 0 Å². The molecule has 17 heteroatoms. The highest BCUT2D eigenvalue weighted by Crippen LogP contribution is 2.46. The highest BCUT2D eigenvalue weighted by Gasteiger charge is 2.37. The second kappa shape index (κ2) is 20.4. The average Bonchev–Trinajstić information content (AvgIpc) is 3.61. The van der Waals surface area contributed by atoms with Gasteiger partial charge in [-0.1, -0.05) is 43.7 Å². The van der Waals surface area contributed by atoms with Crippen molar-refractivity contribution in [1.82, 2.24) is 36.5 Å². The first-order valence-corrected chi connectivity index (χ1v) is 20.6. The van der Waals surface area contributed by atoms with Crippen molar-refractivity contribution >= 4 is 52.1 Å². The molecule has 0 bridgehead atoms. The maximum atomic E-state index is 15.3. The van der Waals surface area contributed by atoms with Crippen molar-refractivity contribution in [2.45, 2.75) is 77.4 Å². The quantitative estimate of drug-likeness (QED) is 0.0674. The van der Waals surface area contributed by atoms with Gasteiger partial charge >= 0.3 is 5.97 Å². The number of benzene rings is 2. The van der Waals surface area contributed by atoms with Gasteiger partial charge in [0.25, 0.3) is 0 Å². The molecule has 0 spiro atoms.